The highest BCUT2D eigenvalue weighted by molar-refractivity contribution is 6.26. The van der Waals surface area contributed by atoms with Gasteiger partial charge in [-0.05, 0) is 12.1 Å². The molecule has 80 valence electrons. The van der Waals surface area contributed by atoms with Gasteiger partial charge in [0.05, 0.1) is 5.56 Å². The molecule has 0 saturated carbocycles. The second kappa shape index (κ2) is 6.03. The van der Waals surface area contributed by atoms with Gasteiger partial charge in [-0.3, -0.25) is 4.79 Å². The van der Waals surface area contributed by atoms with E-state index in [0.29, 0.717) is 5.56 Å². The molecule has 0 bridgehead atoms. The van der Waals surface area contributed by atoms with Crippen molar-refractivity contribution in [2.24, 2.45) is 0 Å². The van der Waals surface area contributed by atoms with Crippen LogP contribution < -0.4 is 0 Å². The summed E-state index contributed by atoms with van der Waals surface area (Å²) in [4.78, 5) is 21.9. The molecular formula is C10H9ClO4. The van der Waals surface area contributed by atoms with Crippen molar-refractivity contribution in [1.29, 1.82) is 0 Å². The maximum atomic E-state index is 11.3. The summed E-state index contributed by atoms with van der Waals surface area (Å²) in [5, 5.41) is 0. The molecule has 0 N–H and O–H groups in total. The molecule has 5 heteroatoms. The monoisotopic (exact) mass is 228 g/mol. The zero-order valence-corrected chi connectivity index (χ0v) is 8.57. The van der Waals surface area contributed by atoms with Crippen molar-refractivity contribution in [3.05, 3.63) is 35.9 Å². The Balaban J connectivity index is 2.34. The predicted octanol–water partition coefficient (Wildman–Crippen LogP) is 1.58. The zero-order valence-electron chi connectivity index (χ0n) is 7.81. The minimum Gasteiger partial charge on any atom is -0.427 e. The van der Waals surface area contributed by atoms with Crippen LogP contribution in [0.4, 0.5) is 0 Å². The summed E-state index contributed by atoms with van der Waals surface area (Å²) in [6.07, 6.45) is 0. The van der Waals surface area contributed by atoms with Crippen molar-refractivity contribution in [3.63, 3.8) is 0 Å². The molecule has 1 rings (SSSR count). The first kappa shape index (κ1) is 11.5. The normalized spacial score (nSPS) is 9.40. The first-order valence-electron chi connectivity index (χ1n) is 4.18. The van der Waals surface area contributed by atoms with Gasteiger partial charge in [-0.2, -0.15) is 0 Å². The number of hydrogen-bond acceptors (Lipinski definition) is 4. The van der Waals surface area contributed by atoms with Crippen LogP contribution in [0.25, 0.3) is 0 Å². The van der Waals surface area contributed by atoms with Crippen LogP contribution in [0.15, 0.2) is 30.3 Å². The van der Waals surface area contributed by atoms with Gasteiger partial charge in [-0.1, -0.05) is 18.2 Å². The number of esters is 2. The predicted molar refractivity (Wildman–Crippen MR) is 53.5 cm³/mol. The van der Waals surface area contributed by atoms with E-state index >= 15 is 0 Å². The molecule has 0 aliphatic rings. The molecule has 4 nitrogen and oxygen atoms in total. The Bertz CT molecular complexity index is 337. The Labute approximate surface area is 91.7 Å². The van der Waals surface area contributed by atoms with Gasteiger partial charge in [-0.15, -0.1) is 11.6 Å². The average molecular weight is 229 g/mol. The summed E-state index contributed by atoms with van der Waals surface area (Å²) in [7, 11) is 0. The number of ether oxygens (including phenoxy) is 2. The van der Waals surface area contributed by atoms with Crippen LogP contribution in [0.3, 0.4) is 0 Å². The summed E-state index contributed by atoms with van der Waals surface area (Å²) in [6.45, 7) is -0.417. The van der Waals surface area contributed by atoms with E-state index in [1.54, 1.807) is 30.3 Å². The van der Waals surface area contributed by atoms with Crippen LogP contribution in [-0.4, -0.2) is 24.6 Å². The van der Waals surface area contributed by atoms with Crippen molar-refractivity contribution in [1.82, 2.24) is 0 Å². The molecule has 1 aromatic rings. The van der Waals surface area contributed by atoms with E-state index in [-0.39, 0.29) is 5.88 Å². The highest BCUT2D eigenvalue weighted by Crippen LogP contribution is 2.00. The number of benzene rings is 1. The van der Waals surface area contributed by atoms with Crippen LogP contribution in [0.5, 0.6) is 0 Å². The fraction of sp³-hybridized carbons (Fsp3) is 0.200. The van der Waals surface area contributed by atoms with Gasteiger partial charge in [0.15, 0.2) is 0 Å². The van der Waals surface area contributed by atoms with Crippen LogP contribution in [0, 0.1) is 0 Å². The van der Waals surface area contributed by atoms with Crippen LogP contribution in [0.2, 0.25) is 0 Å². The molecule has 0 spiro atoms. The van der Waals surface area contributed by atoms with Crippen molar-refractivity contribution >= 4 is 23.5 Å². The second-order valence-electron chi connectivity index (χ2n) is 2.57. The standard InChI is InChI=1S/C10H9ClO4/c11-6-9(12)14-7-15-10(13)8-4-2-1-3-5-8/h1-5H,6-7H2. The zero-order chi connectivity index (χ0) is 11.1. The molecule has 1 aromatic carbocycles. The van der Waals surface area contributed by atoms with Gasteiger partial charge in [-0.25, -0.2) is 4.79 Å². The number of rotatable bonds is 4. The number of carbonyl (C=O) groups is 2. The van der Waals surface area contributed by atoms with Gasteiger partial charge < -0.3 is 9.47 Å². The molecule has 0 atom stereocenters. The van der Waals surface area contributed by atoms with Crippen LogP contribution in [-0.2, 0) is 14.3 Å². The number of halogens is 1. The number of alkyl halides is 1. The van der Waals surface area contributed by atoms with Gasteiger partial charge >= 0.3 is 11.9 Å². The molecule has 0 aromatic heterocycles. The first-order valence-corrected chi connectivity index (χ1v) is 4.71. The molecule has 0 radical (unpaired) electrons. The quantitative estimate of drug-likeness (QED) is 0.446. The van der Waals surface area contributed by atoms with E-state index in [2.05, 4.69) is 9.47 Å². The minimum absolute atomic E-state index is 0.261. The average Bonchev–Trinajstić information content (AvgIpc) is 2.29. The van der Waals surface area contributed by atoms with Crippen LogP contribution in [0.1, 0.15) is 10.4 Å². The lowest BCUT2D eigenvalue weighted by Crippen LogP contribution is -2.13. The summed E-state index contributed by atoms with van der Waals surface area (Å²) >= 11 is 5.17. The fourth-order valence-electron chi connectivity index (χ4n) is 0.845. The van der Waals surface area contributed by atoms with E-state index in [1.165, 1.54) is 0 Å². The molecule has 15 heavy (non-hydrogen) atoms. The Hall–Kier alpha value is -1.55. The first-order chi connectivity index (χ1) is 7.24. The van der Waals surface area contributed by atoms with Gasteiger partial charge in [0.2, 0.25) is 6.79 Å². The van der Waals surface area contributed by atoms with E-state index in [9.17, 15) is 9.59 Å². The van der Waals surface area contributed by atoms with E-state index in [0.717, 1.165) is 0 Å². The van der Waals surface area contributed by atoms with Gasteiger partial charge in [0, 0.05) is 0 Å². The van der Waals surface area contributed by atoms with E-state index in [4.69, 9.17) is 11.6 Å². The molecule has 0 aliphatic heterocycles. The largest absolute Gasteiger partial charge is 0.427 e. The van der Waals surface area contributed by atoms with E-state index in [1.807, 2.05) is 0 Å². The Morgan fingerprint density at radius 3 is 2.40 bits per heavy atom. The minimum atomic E-state index is -0.627. The smallest absolute Gasteiger partial charge is 0.340 e. The second-order valence-corrected chi connectivity index (χ2v) is 2.83. The molecule has 0 aliphatic carbocycles. The maximum absolute atomic E-state index is 11.3. The van der Waals surface area contributed by atoms with Crippen LogP contribution >= 0.6 is 11.6 Å². The fourth-order valence-corrected chi connectivity index (χ4v) is 0.922. The maximum Gasteiger partial charge on any atom is 0.340 e. The highest BCUT2D eigenvalue weighted by Gasteiger charge is 2.06. The van der Waals surface area contributed by atoms with Crippen molar-refractivity contribution in [2.75, 3.05) is 12.7 Å². The number of hydrogen-bond donors (Lipinski definition) is 0. The lowest BCUT2D eigenvalue weighted by atomic mass is 10.2. The summed E-state index contributed by atoms with van der Waals surface area (Å²) in [5.41, 5.74) is 0.402. The Morgan fingerprint density at radius 2 is 1.80 bits per heavy atom. The molecule has 0 saturated heterocycles. The lowest BCUT2D eigenvalue weighted by Gasteiger charge is -2.04. The molecule has 0 heterocycles. The molecule has 0 amide bonds. The third kappa shape index (κ3) is 3.99. The lowest BCUT2D eigenvalue weighted by molar-refractivity contribution is -0.148. The summed E-state index contributed by atoms with van der Waals surface area (Å²) < 4.78 is 9.13. The van der Waals surface area contributed by atoms with Crippen molar-refractivity contribution in [3.8, 4) is 0 Å². The third-order valence-electron chi connectivity index (χ3n) is 1.53. The highest BCUT2D eigenvalue weighted by atomic mass is 35.5. The third-order valence-corrected chi connectivity index (χ3v) is 1.75. The van der Waals surface area contributed by atoms with Gasteiger partial charge in [0.25, 0.3) is 0 Å². The molecular weight excluding hydrogens is 220 g/mol. The number of carbonyl (C=O) groups excluding carboxylic acids is 2. The van der Waals surface area contributed by atoms with Crippen molar-refractivity contribution < 1.29 is 19.1 Å². The Kier molecular flexibility index (Phi) is 4.63. The molecule has 0 unspecified atom stereocenters. The van der Waals surface area contributed by atoms with E-state index < -0.39 is 18.7 Å². The SMILES string of the molecule is O=C(CCl)OCOC(=O)c1ccccc1. The topological polar surface area (TPSA) is 52.6 Å². The van der Waals surface area contributed by atoms with Gasteiger partial charge in [0.1, 0.15) is 5.88 Å². The summed E-state index contributed by atoms with van der Waals surface area (Å²) in [5.74, 6) is -1.43. The summed E-state index contributed by atoms with van der Waals surface area (Å²) in [6, 6.07) is 8.41. The Morgan fingerprint density at radius 1 is 1.13 bits per heavy atom. The molecule has 0 fully saturated rings. The van der Waals surface area contributed by atoms with Crippen molar-refractivity contribution in [2.45, 2.75) is 0 Å².